The van der Waals surface area contributed by atoms with Gasteiger partial charge in [0.1, 0.15) is 5.82 Å². The molecule has 3 aromatic heterocycles. The van der Waals surface area contributed by atoms with Gasteiger partial charge in [-0.2, -0.15) is 4.98 Å². The van der Waals surface area contributed by atoms with Crippen LogP contribution in [0.3, 0.4) is 0 Å². The fraction of sp³-hybridized carbons (Fsp3) is 0.263. The van der Waals surface area contributed by atoms with Gasteiger partial charge in [0, 0.05) is 27.9 Å². The summed E-state index contributed by atoms with van der Waals surface area (Å²) >= 11 is 9.37. The average Bonchev–Trinajstić information content (AvgIpc) is 3.11. The van der Waals surface area contributed by atoms with Crippen LogP contribution in [-0.4, -0.2) is 24.9 Å². The Bertz CT molecular complexity index is 1090. The van der Waals surface area contributed by atoms with E-state index in [9.17, 15) is 0 Å². The zero-order chi connectivity index (χ0) is 18.9. The largest absolute Gasteiger partial charge is 0.338 e. The van der Waals surface area contributed by atoms with Gasteiger partial charge in [0.05, 0.1) is 5.75 Å². The number of hydrogen-bond donors (Lipinski definition) is 0. The molecular weight excluding hydrogens is 414 g/mol. The van der Waals surface area contributed by atoms with Gasteiger partial charge in [-0.25, -0.2) is 0 Å². The summed E-state index contributed by atoms with van der Waals surface area (Å²) in [6, 6.07) is 12.1. The Labute approximate surface area is 175 Å². The van der Waals surface area contributed by atoms with Crippen LogP contribution in [0.25, 0.3) is 11.4 Å². The predicted octanol–water partition coefficient (Wildman–Crippen LogP) is 5.26. The highest BCUT2D eigenvalue weighted by Gasteiger charge is 2.30. The van der Waals surface area contributed by atoms with E-state index in [1.807, 2.05) is 24.3 Å². The number of rotatable bonds is 7. The monoisotopic (exact) mass is 429 g/mol. The molecule has 0 atom stereocenters. The maximum Gasteiger partial charge on any atom is 0.237 e. The van der Waals surface area contributed by atoms with E-state index in [1.54, 1.807) is 23.1 Å². The number of halogens is 1. The second kappa shape index (κ2) is 7.69. The van der Waals surface area contributed by atoms with Crippen LogP contribution in [0, 0.1) is 0 Å². The van der Waals surface area contributed by atoms with E-state index < -0.39 is 0 Å². The molecule has 1 aromatic carbocycles. The summed E-state index contributed by atoms with van der Waals surface area (Å²) in [6.45, 7) is 0. The Kier molecular flexibility index (Phi) is 4.92. The summed E-state index contributed by atoms with van der Waals surface area (Å²) < 4.78 is 7.68. The number of benzene rings is 1. The molecule has 0 bridgehead atoms. The van der Waals surface area contributed by atoms with Crippen LogP contribution in [-0.2, 0) is 12.2 Å². The van der Waals surface area contributed by atoms with Crippen molar-refractivity contribution in [2.24, 2.45) is 0 Å². The topological polar surface area (TPSA) is 69.6 Å². The maximum absolute atomic E-state index is 6.04. The summed E-state index contributed by atoms with van der Waals surface area (Å²) in [5, 5.41) is 16.6. The molecule has 4 aromatic rings. The first-order chi connectivity index (χ1) is 13.8. The summed E-state index contributed by atoms with van der Waals surface area (Å²) in [6.07, 6.45) is 3.19. The van der Waals surface area contributed by atoms with Gasteiger partial charge in [0.15, 0.2) is 5.16 Å². The zero-order valence-corrected chi connectivity index (χ0v) is 17.2. The molecule has 0 saturated heterocycles. The molecule has 0 spiro atoms. The van der Waals surface area contributed by atoms with Crippen molar-refractivity contribution in [3.63, 3.8) is 0 Å². The van der Waals surface area contributed by atoms with Gasteiger partial charge in [-0.05, 0) is 36.4 Å². The Balaban J connectivity index is 1.31. The van der Waals surface area contributed by atoms with Crippen LogP contribution in [0.2, 0.25) is 5.02 Å². The van der Waals surface area contributed by atoms with Gasteiger partial charge < -0.3 is 9.09 Å². The normalized spacial score (nSPS) is 13.9. The second-order valence-corrected chi connectivity index (χ2v) is 8.98. The van der Waals surface area contributed by atoms with E-state index in [-0.39, 0.29) is 0 Å². The molecule has 1 fully saturated rings. The number of thioether (sulfide) groups is 1. The van der Waals surface area contributed by atoms with E-state index in [2.05, 4.69) is 42.4 Å². The molecule has 1 aliphatic carbocycles. The van der Waals surface area contributed by atoms with Gasteiger partial charge >= 0.3 is 0 Å². The molecule has 6 nitrogen and oxygen atoms in total. The molecule has 5 rings (SSSR count). The molecular formula is C19H16ClN5OS2. The number of hydrogen-bond acceptors (Lipinski definition) is 7. The van der Waals surface area contributed by atoms with Crippen LogP contribution >= 0.6 is 34.7 Å². The lowest BCUT2D eigenvalue weighted by Gasteiger charge is -2.07. The van der Waals surface area contributed by atoms with Crippen molar-refractivity contribution < 1.29 is 4.52 Å². The molecule has 0 amide bonds. The van der Waals surface area contributed by atoms with Crippen molar-refractivity contribution in [3.8, 4) is 11.4 Å². The third-order valence-corrected chi connectivity index (χ3v) is 6.47. The minimum atomic E-state index is 0.511. The Morgan fingerprint density at radius 2 is 2.14 bits per heavy atom. The van der Waals surface area contributed by atoms with E-state index in [4.69, 9.17) is 16.1 Å². The molecule has 0 radical (unpaired) electrons. The highest BCUT2D eigenvalue weighted by molar-refractivity contribution is 7.98. The molecule has 28 heavy (non-hydrogen) atoms. The van der Waals surface area contributed by atoms with Crippen molar-refractivity contribution in [2.45, 2.75) is 36.2 Å². The van der Waals surface area contributed by atoms with Gasteiger partial charge in [0.2, 0.25) is 11.7 Å². The quantitative estimate of drug-likeness (QED) is 0.373. The van der Waals surface area contributed by atoms with E-state index in [0.29, 0.717) is 28.5 Å². The third-order valence-electron chi connectivity index (χ3n) is 4.44. The fourth-order valence-corrected chi connectivity index (χ4v) is 4.73. The third kappa shape index (κ3) is 3.85. The van der Waals surface area contributed by atoms with Gasteiger partial charge in [-0.15, -0.1) is 21.5 Å². The highest BCUT2D eigenvalue weighted by atomic mass is 35.5. The summed E-state index contributed by atoms with van der Waals surface area (Å²) in [7, 11) is 0. The van der Waals surface area contributed by atoms with Crippen LogP contribution < -0.4 is 0 Å². The summed E-state index contributed by atoms with van der Waals surface area (Å²) in [4.78, 5) is 5.78. The first-order valence-electron chi connectivity index (χ1n) is 8.94. The Morgan fingerprint density at radius 1 is 1.21 bits per heavy atom. The fourth-order valence-electron chi connectivity index (χ4n) is 2.98. The molecule has 3 heterocycles. The first-order valence-corrected chi connectivity index (χ1v) is 11.2. The lowest BCUT2D eigenvalue weighted by atomic mass is 10.2. The molecule has 0 aliphatic heterocycles. The maximum atomic E-state index is 6.04. The predicted molar refractivity (Wildman–Crippen MR) is 110 cm³/mol. The number of nitrogens with zero attached hydrogens (tertiary/aromatic N) is 5. The van der Waals surface area contributed by atoms with Crippen LogP contribution in [0.4, 0.5) is 0 Å². The van der Waals surface area contributed by atoms with Crippen molar-refractivity contribution in [2.75, 3.05) is 0 Å². The SMILES string of the molecule is Clc1cccc(-c2noc(CSc3nnc(Cc4cccs4)n3C3CC3)n2)c1. The van der Waals surface area contributed by atoms with E-state index in [0.717, 1.165) is 23.0 Å². The second-order valence-electron chi connectivity index (χ2n) is 6.57. The van der Waals surface area contributed by atoms with Crippen LogP contribution in [0.1, 0.15) is 35.5 Å². The minimum absolute atomic E-state index is 0.511. The first kappa shape index (κ1) is 17.9. The Hall–Kier alpha value is -2.16. The lowest BCUT2D eigenvalue weighted by molar-refractivity contribution is 0.391. The standard InChI is InChI=1S/C19H16ClN5OS2/c20-13-4-1-3-12(9-13)18-21-17(26-24-18)11-28-19-23-22-16(25(19)14-6-7-14)10-15-5-2-8-27-15/h1-5,8-9,14H,6-7,10-11H2. The molecule has 1 aliphatic rings. The van der Waals surface area contributed by atoms with Crippen molar-refractivity contribution in [1.29, 1.82) is 0 Å². The van der Waals surface area contributed by atoms with E-state index in [1.165, 1.54) is 17.7 Å². The van der Waals surface area contributed by atoms with Crippen LogP contribution in [0.5, 0.6) is 0 Å². The van der Waals surface area contributed by atoms with Crippen molar-refractivity contribution >= 4 is 34.7 Å². The van der Waals surface area contributed by atoms with Crippen molar-refractivity contribution in [3.05, 3.63) is 63.4 Å². The summed E-state index contributed by atoms with van der Waals surface area (Å²) in [5.74, 6) is 2.68. The molecule has 1 saturated carbocycles. The highest BCUT2D eigenvalue weighted by Crippen LogP contribution is 2.39. The van der Waals surface area contributed by atoms with Gasteiger partial charge in [-0.1, -0.05) is 46.7 Å². The lowest BCUT2D eigenvalue weighted by Crippen LogP contribution is -2.03. The summed E-state index contributed by atoms with van der Waals surface area (Å²) in [5.41, 5.74) is 0.840. The smallest absolute Gasteiger partial charge is 0.237 e. The number of thiophene rings is 1. The molecule has 0 unspecified atom stereocenters. The molecule has 0 N–H and O–H groups in total. The molecule has 142 valence electrons. The van der Waals surface area contributed by atoms with Crippen LogP contribution in [0.15, 0.2) is 51.5 Å². The van der Waals surface area contributed by atoms with Gasteiger partial charge in [-0.3, -0.25) is 0 Å². The Morgan fingerprint density at radius 3 is 2.93 bits per heavy atom. The van der Waals surface area contributed by atoms with Gasteiger partial charge in [0.25, 0.3) is 0 Å². The van der Waals surface area contributed by atoms with Crippen molar-refractivity contribution in [1.82, 2.24) is 24.9 Å². The average molecular weight is 430 g/mol. The zero-order valence-electron chi connectivity index (χ0n) is 14.8. The molecule has 9 heteroatoms. The minimum Gasteiger partial charge on any atom is -0.338 e. The van der Waals surface area contributed by atoms with E-state index >= 15 is 0 Å². The number of aromatic nitrogens is 5.